The van der Waals surface area contributed by atoms with Gasteiger partial charge in [-0.1, -0.05) is 11.3 Å². The molecule has 0 N–H and O–H groups in total. The Labute approximate surface area is 82.7 Å². The van der Waals surface area contributed by atoms with E-state index < -0.39 is 0 Å². The summed E-state index contributed by atoms with van der Waals surface area (Å²) in [6, 6.07) is 0. The molecule has 1 aromatic rings. The van der Waals surface area contributed by atoms with Gasteiger partial charge in [0.05, 0.1) is 11.9 Å². The van der Waals surface area contributed by atoms with Crippen molar-refractivity contribution in [2.24, 2.45) is 4.99 Å². The van der Waals surface area contributed by atoms with Crippen LogP contribution in [-0.2, 0) is 0 Å². The van der Waals surface area contributed by atoms with E-state index in [0.717, 1.165) is 17.9 Å². The number of aromatic nitrogens is 3. The highest BCUT2D eigenvalue weighted by atomic mass is 15.4. The summed E-state index contributed by atoms with van der Waals surface area (Å²) in [6.07, 6.45) is 8.75. The topological polar surface area (TPSA) is 43.1 Å². The van der Waals surface area contributed by atoms with Crippen LogP contribution < -0.4 is 0 Å². The molecule has 0 aromatic carbocycles. The standard InChI is InChI=1S/C10H12N4/c1-8-4-3-5-10(11-6-8)14-7-9(2)12-13-14/h4-7H,3H2,1-2H3. The van der Waals surface area contributed by atoms with Crippen LogP contribution in [0.25, 0.3) is 5.82 Å². The van der Waals surface area contributed by atoms with Gasteiger partial charge in [-0.2, -0.15) is 0 Å². The van der Waals surface area contributed by atoms with Crippen LogP contribution in [0.5, 0.6) is 0 Å². The van der Waals surface area contributed by atoms with E-state index in [0.29, 0.717) is 0 Å². The molecule has 72 valence electrons. The van der Waals surface area contributed by atoms with Crippen LogP contribution >= 0.6 is 0 Å². The molecular weight excluding hydrogens is 176 g/mol. The number of aliphatic imine (C=N–C) groups is 1. The minimum atomic E-state index is 0.832. The van der Waals surface area contributed by atoms with Crippen molar-refractivity contribution in [1.29, 1.82) is 0 Å². The van der Waals surface area contributed by atoms with E-state index in [1.54, 1.807) is 4.68 Å². The molecule has 14 heavy (non-hydrogen) atoms. The number of allylic oxidation sites excluding steroid dienone is 3. The molecule has 0 unspecified atom stereocenters. The summed E-state index contributed by atoms with van der Waals surface area (Å²) in [6.45, 7) is 3.95. The third-order valence-corrected chi connectivity index (χ3v) is 1.98. The van der Waals surface area contributed by atoms with Gasteiger partial charge < -0.3 is 0 Å². The zero-order valence-electron chi connectivity index (χ0n) is 8.31. The number of rotatable bonds is 1. The molecule has 0 atom stereocenters. The molecule has 1 aliphatic heterocycles. The molecule has 0 saturated heterocycles. The quantitative estimate of drug-likeness (QED) is 0.674. The zero-order chi connectivity index (χ0) is 9.97. The highest BCUT2D eigenvalue weighted by Crippen LogP contribution is 2.10. The van der Waals surface area contributed by atoms with Crippen molar-refractivity contribution in [1.82, 2.24) is 15.0 Å². The Morgan fingerprint density at radius 3 is 2.86 bits per heavy atom. The first-order valence-electron chi connectivity index (χ1n) is 4.56. The van der Waals surface area contributed by atoms with Gasteiger partial charge in [-0.05, 0) is 31.9 Å². The monoisotopic (exact) mass is 188 g/mol. The summed E-state index contributed by atoms with van der Waals surface area (Å²) in [4.78, 5) is 4.32. The Kier molecular flexibility index (Phi) is 2.26. The van der Waals surface area contributed by atoms with E-state index in [1.807, 2.05) is 32.3 Å². The van der Waals surface area contributed by atoms with Crippen molar-refractivity contribution in [3.05, 3.63) is 29.6 Å². The maximum absolute atomic E-state index is 4.32. The van der Waals surface area contributed by atoms with Crippen molar-refractivity contribution >= 4 is 12.0 Å². The number of nitrogens with zero attached hydrogens (tertiary/aromatic N) is 4. The molecule has 0 bridgehead atoms. The molecule has 0 fully saturated rings. The fraction of sp³-hybridized carbons (Fsp3) is 0.300. The molecule has 0 radical (unpaired) electrons. The van der Waals surface area contributed by atoms with Crippen molar-refractivity contribution in [3.63, 3.8) is 0 Å². The normalized spacial score (nSPS) is 16.1. The van der Waals surface area contributed by atoms with Gasteiger partial charge >= 0.3 is 0 Å². The van der Waals surface area contributed by atoms with Crippen molar-refractivity contribution < 1.29 is 0 Å². The average molecular weight is 188 g/mol. The van der Waals surface area contributed by atoms with E-state index in [-0.39, 0.29) is 0 Å². The van der Waals surface area contributed by atoms with Crippen LogP contribution in [0.1, 0.15) is 19.0 Å². The molecule has 2 rings (SSSR count). The molecule has 1 aliphatic rings. The maximum atomic E-state index is 4.32. The Morgan fingerprint density at radius 1 is 1.29 bits per heavy atom. The van der Waals surface area contributed by atoms with E-state index in [1.165, 1.54) is 5.57 Å². The first-order valence-corrected chi connectivity index (χ1v) is 4.56. The predicted molar refractivity (Wildman–Crippen MR) is 55.9 cm³/mol. The van der Waals surface area contributed by atoms with E-state index in [4.69, 9.17) is 0 Å². The lowest BCUT2D eigenvalue weighted by Crippen LogP contribution is -1.95. The average Bonchev–Trinajstić information content (AvgIpc) is 2.46. The molecule has 4 nitrogen and oxygen atoms in total. The van der Waals surface area contributed by atoms with Gasteiger partial charge in [-0.3, -0.25) is 0 Å². The zero-order valence-corrected chi connectivity index (χ0v) is 8.31. The summed E-state index contributed by atoms with van der Waals surface area (Å²) >= 11 is 0. The number of aryl methyl sites for hydroxylation is 1. The van der Waals surface area contributed by atoms with E-state index in [9.17, 15) is 0 Å². The van der Waals surface area contributed by atoms with Crippen LogP contribution in [0.3, 0.4) is 0 Å². The van der Waals surface area contributed by atoms with Crippen LogP contribution in [0, 0.1) is 6.92 Å². The summed E-state index contributed by atoms with van der Waals surface area (Å²) in [5.41, 5.74) is 2.07. The lowest BCUT2D eigenvalue weighted by Gasteiger charge is -1.97. The first kappa shape index (κ1) is 8.87. The summed E-state index contributed by atoms with van der Waals surface area (Å²) in [7, 11) is 0. The van der Waals surface area contributed by atoms with Crippen LogP contribution in [0.2, 0.25) is 0 Å². The number of hydrogen-bond donors (Lipinski definition) is 0. The fourth-order valence-electron chi connectivity index (χ4n) is 1.24. The molecule has 0 aliphatic carbocycles. The van der Waals surface area contributed by atoms with Crippen molar-refractivity contribution in [2.45, 2.75) is 20.3 Å². The predicted octanol–water partition coefficient (Wildman–Crippen LogP) is 1.81. The van der Waals surface area contributed by atoms with Gasteiger partial charge in [0.15, 0.2) is 5.82 Å². The fourth-order valence-corrected chi connectivity index (χ4v) is 1.24. The van der Waals surface area contributed by atoms with Crippen molar-refractivity contribution in [2.75, 3.05) is 0 Å². The molecule has 0 amide bonds. The van der Waals surface area contributed by atoms with Gasteiger partial charge in [-0.25, -0.2) is 9.67 Å². The highest BCUT2D eigenvalue weighted by molar-refractivity contribution is 5.82. The number of hydrogen-bond acceptors (Lipinski definition) is 3. The van der Waals surface area contributed by atoms with Gasteiger partial charge in [0.2, 0.25) is 0 Å². The third-order valence-electron chi connectivity index (χ3n) is 1.98. The molecular formula is C10H12N4. The molecule has 2 heterocycles. The minimum absolute atomic E-state index is 0.832. The summed E-state index contributed by atoms with van der Waals surface area (Å²) in [5, 5.41) is 7.89. The lowest BCUT2D eigenvalue weighted by molar-refractivity contribution is 0.805. The van der Waals surface area contributed by atoms with E-state index in [2.05, 4.69) is 21.4 Å². The third kappa shape index (κ3) is 1.79. The van der Waals surface area contributed by atoms with Crippen LogP contribution in [0.15, 0.2) is 28.9 Å². The largest absolute Gasteiger partial charge is 0.237 e. The second-order valence-electron chi connectivity index (χ2n) is 3.31. The Bertz CT molecular complexity index is 423. The molecule has 0 spiro atoms. The smallest absolute Gasteiger partial charge is 0.151 e. The first-order chi connectivity index (χ1) is 6.75. The van der Waals surface area contributed by atoms with Gasteiger partial charge in [0.1, 0.15) is 0 Å². The van der Waals surface area contributed by atoms with Gasteiger partial charge in [0.25, 0.3) is 0 Å². The second kappa shape index (κ2) is 3.57. The maximum Gasteiger partial charge on any atom is 0.151 e. The SMILES string of the molecule is CC1=CCC=C(n2cc(C)nn2)N=C1. The van der Waals surface area contributed by atoms with Crippen LogP contribution in [-0.4, -0.2) is 21.2 Å². The van der Waals surface area contributed by atoms with Gasteiger partial charge in [-0.15, -0.1) is 5.10 Å². The van der Waals surface area contributed by atoms with Gasteiger partial charge in [0, 0.05) is 6.21 Å². The Balaban J connectivity index is 2.29. The summed E-state index contributed by atoms with van der Waals surface area (Å²) < 4.78 is 1.69. The minimum Gasteiger partial charge on any atom is -0.237 e. The second-order valence-corrected chi connectivity index (χ2v) is 3.31. The highest BCUT2D eigenvalue weighted by Gasteiger charge is 2.02. The Morgan fingerprint density at radius 2 is 2.14 bits per heavy atom. The van der Waals surface area contributed by atoms with E-state index >= 15 is 0 Å². The Hall–Kier alpha value is -1.71. The van der Waals surface area contributed by atoms with Crippen molar-refractivity contribution in [3.8, 4) is 0 Å². The summed E-state index contributed by atoms with van der Waals surface area (Å²) in [5.74, 6) is 0.832. The lowest BCUT2D eigenvalue weighted by atomic mass is 10.3. The molecule has 0 saturated carbocycles. The molecule has 4 heteroatoms. The van der Waals surface area contributed by atoms with Crippen LogP contribution in [0.4, 0.5) is 0 Å². The molecule has 1 aromatic heterocycles.